The van der Waals surface area contributed by atoms with Crippen molar-refractivity contribution in [1.29, 1.82) is 0 Å². The van der Waals surface area contributed by atoms with Crippen molar-refractivity contribution in [3.63, 3.8) is 0 Å². The number of halogens is 6. The Morgan fingerprint density at radius 3 is 2.26 bits per heavy atom. The van der Waals surface area contributed by atoms with Crippen molar-refractivity contribution in [3.8, 4) is 0 Å². The number of alkyl halides is 6. The zero-order valence-corrected chi connectivity index (χ0v) is 11.1. The van der Waals surface area contributed by atoms with E-state index in [0.29, 0.717) is 10.7 Å². The molecule has 11 heteroatoms. The summed E-state index contributed by atoms with van der Waals surface area (Å²) >= 11 is 0. The first-order valence-corrected chi connectivity index (χ1v) is 6.00. The lowest BCUT2D eigenvalue weighted by molar-refractivity contribution is -0.142. The molecule has 0 saturated carbocycles. The summed E-state index contributed by atoms with van der Waals surface area (Å²) in [7, 11) is 0. The number of nitrogens with zero attached hydrogens (tertiary/aromatic N) is 3. The van der Waals surface area contributed by atoms with E-state index in [9.17, 15) is 31.1 Å². The maximum absolute atomic E-state index is 12.5. The number of carbonyl (C=O) groups excluding carboxylic acids is 1. The van der Waals surface area contributed by atoms with Gasteiger partial charge in [-0.25, -0.2) is 4.98 Å². The fraction of sp³-hybridized carbons (Fsp3) is 0.250. The van der Waals surface area contributed by atoms with Gasteiger partial charge in [-0.3, -0.25) is 9.48 Å². The molecule has 1 N–H and O–H groups in total. The Kier molecular flexibility index (Phi) is 4.30. The van der Waals surface area contributed by atoms with Gasteiger partial charge in [-0.15, -0.1) is 0 Å². The van der Waals surface area contributed by atoms with Crippen molar-refractivity contribution in [2.24, 2.45) is 0 Å². The topological polar surface area (TPSA) is 59.8 Å². The van der Waals surface area contributed by atoms with Gasteiger partial charge in [0.2, 0.25) is 5.91 Å². The Labute approximate surface area is 124 Å². The Bertz CT molecular complexity index is 706. The highest BCUT2D eigenvalue weighted by Gasteiger charge is 2.34. The van der Waals surface area contributed by atoms with Crippen molar-refractivity contribution in [2.45, 2.75) is 18.9 Å². The van der Waals surface area contributed by atoms with E-state index in [0.717, 1.165) is 24.4 Å². The molecular weight excluding hydrogens is 330 g/mol. The second kappa shape index (κ2) is 5.89. The number of hydrogen-bond acceptors (Lipinski definition) is 3. The van der Waals surface area contributed by atoms with Crippen molar-refractivity contribution >= 4 is 11.7 Å². The summed E-state index contributed by atoms with van der Waals surface area (Å²) in [5, 5.41) is 5.21. The molecular formula is C12H8F6N4O. The van der Waals surface area contributed by atoms with Crippen LogP contribution in [0.15, 0.2) is 30.5 Å². The lowest BCUT2D eigenvalue weighted by Gasteiger charge is -2.09. The number of amides is 1. The van der Waals surface area contributed by atoms with Crippen molar-refractivity contribution in [2.75, 3.05) is 5.32 Å². The van der Waals surface area contributed by atoms with Crippen LogP contribution in [0.1, 0.15) is 11.4 Å². The van der Waals surface area contributed by atoms with E-state index in [-0.39, 0.29) is 5.82 Å². The number of aromatic nitrogens is 3. The van der Waals surface area contributed by atoms with Gasteiger partial charge >= 0.3 is 12.4 Å². The van der Waals surface area contributed by atoms with Gasteiger partial charge in [0.25, 0.3) is 0 Å². The van der Waals surface area contributed by atoms with Crippen molar-refractivity contribution in [1.82, 2.24) is 14.8 Å². The minimum absolute atomic E-state index is 0.368. The van der Waals surface area contributed by atoms with Crippen LogP contribution in [0, 0.1) is 0 Å². The molecule has 2 heterocycles. The fourth-order valence-corrected chi connectivity index (χ4v) is 1.59. The summed E-state index contributed by atoms with van der Waals surface area (Å²) < 4.78 is 75.2. The molecule has 0 aliphatic carbocycles. The van der Waals surface area contributed by atoms with Crippen LogP contribution in [0.4, 0.5) is 32.2 Å². The predicted octanol–water partition coefficient (Wildman–Crippen LogP) is 2.95. The molecule has 2 rings (SSSR count). The van der Waals surface area contributed by atoms with Crippen molar-refractivity contribution in [3.05, 3.63) is 41.9 Å². The molecule has 2 aromatic heterocycles. The Hall–Kier alpha value is -2.59. The first-order valence-electron chi connectivity index (χ1n) is 6.00. The monoisotopic (exact) mass is 338 g/mol. The van der Waals surface area contributed by atoms with E-state index in [2.05, 4.69) is 15.4 Å². The van der Waals surface area contributed by atoms with E-state index in [1.165, 1.54) is 0 Å². The first-order chi connectivity index (χ1) is 10.6. The summed E-state index contributed by atoms with van der Waals surface area (Å²) in [6.45, 7) is -0.603. The number of pyridine rings is 1. The molecule has 5 nitrogen and oxygen atoms in total. The standard InChI is InChI=1S/C12H8F6N4O/c13-11(14,15)7-2-1-3-9(19-7)20-10(23)6-22-5-4-8(21-22)12(16,17)18/h1-5H,6H2,(H,19,20,23). The molecule has 0 bridgehead atoms. The highest BCUT2D eigenvalue weighted by Crippen LogP contribution is 2.28. The summed E-state index contributed by atoms with van der Waals surface area (Å²) in [4.78, 5) is 14.8. The van der Waals surface area contributed by atoms with Gasteiger partial charge in [-0.1, -0.05) is 6.07 Å². The SMILES string of the molecule is O=C(Cn1ccc(C(F)(F)F)n1)Nc1cccc(C(F)(F)F)n1. The highest BCUT2D eigenvalue weighted by atomic mass is 19.4. The molecule has 0 spiro atoms. The van der Waals surface area contributed by atoms with E-state index in [1.54, 1.807) is 0 Å². The van der Waals surface area contributed by atoms with E-state index in [1.807, 2.05) is 0 Å². The smallest absolute Gasteiger partial charge is 0.309 e. The van der Waals surface area contributed by atoms with Crippen LogP contribution >= 0.6 is 0 Å². The first kappa shape index (κ1) is 16.8. The summed E-state index contributed by atoms with van der Waals surface area (Å²) in [6.07, 6.45) is -8.39. The molecule has 124 valence electrons. The van der Waals surface area contributed by atoms with Gasteiger partial charge in [0.15, 0.2) is 5.69 Å². The summed E-state index contributed by atoms with van der Waals surface area (Å²) in [6, 6.07) is 3.56. The molecule has 23 heavy (non-hydrogen) atoms. The van der Waals surface area contributed by atoms with Gasteiger partial charge in [0.1, 0.15) is 18.1 Å². The highest BCUT2D eigenvalue weighted by molar-refractivity contribution is 5.89. The van der Waals surface area contributed by atoms with Crippen LogP contribution in [0.2, 0.25) is 0 Å². The zero-order valence-electron chi connectivity index (χ0n) is 11.1. The molecule has 0 aromatic carbocycles. The zero-order chi connectivity index (χ0) is 17.3. The molecule has 0 fully saturated rings. The Morgan fingerprint density at radius 2 is 1.70 bits per heavy atom. The third-order valence-electron chi connectivity index (χ3n) is 2.54. The Balaban J connectivity index is 2.04. The normalized spacial score (nSPS) is 12.3. The van der Waals surface area contributed by atoms with Crippen LogP contribution in [-0.2, 0) is 23.7 Å². The fourth-order valence-electron chi connectivity index (χ4n) is 1.59. The second-order valence-corrected chi connectivity index (χ2v) is 4.35. The molecule has 0 saturated heterocycles. The average molecular weight is 338 g/mol. The lowest BCUT2D eigenvalue weighted by Crippen LogP contribution is -2.21. The maximum Gasteiger partial charge on any atom is 0.435 e. The van der Waals surface area contributed by atoms with Crippen LogP contribution in [0.25, 0.3) is 0 Å². The van der Waals surface area contributed by atoms with Crippen LogP contribution in [-0.4, -0.2) is 20.7 Å². The number of nitrogens with one attached hydrogen (secondary N) is 1. The molecule has 2 aromatic rings. The average Bonchev–Trinajstić information content (AvgIpc) is 2.86. The third kappa shape index (κ3) is 4.44. The van der Waals surface area contributed by atoms with E-state index in [4.69, 9.17) is 0 Å². The summed E-state index contributed by atoms with van der Waals surface area (Å²) in [5.74, 6) is -1.23. The quantitative estimate of drug-likeness (QED) is 0.876. The third-order valence-corrected chi connectivity index (χ3v) is 2.54. The van der Waals surface area contributed by atoms with Gasteiger partial charge < -0.3 is 5.32 Å². The van der Waals surface area contributed by atoms with Crippen LogP contribution in [0.5, 0.6) is 0 Å². The van der Waals surface area contributed by atoms with Gasteiger partial charge in [-0.05, 0) is 18.2 Å². The number of carbonyl (C=O) groups is 1. The minimum atomic E-state index is -4.68. The summed E-state index contributed by atoms with van der Waals surface area (Å²) in [5.41, 5.74) is -2.38. The number of anilines is 1. The van der Waals surface area contributed by atoms with Crippen LogP contribution < -0.4 is 5.32 Å². The largest absolute Gasteiger partial charge is 0.435 e. The lowest BCUT2D eigenvalue weighted by atomic mass is 10.3. The second-order valence-electron chi connectivity index (χ2n) is 4.35. The van der Waals surface area contributed by atoms with E-state index < -0.39 is 36.2 Å². The maximum atomic E-state index is 12.5. The van der Waals surface area contributed by atoms with Crippen LogP contribution in [0.3, 0.4) is 0 Å². The van der Waals surface area contributed by atoms with Gasteiger partial charge in [0.05, 0.1) is 0 Å². The molecule has 0 atom stereocenters. The molecule has 0 aliphatic rings. The van der Waals surface area contributed by atoms with Gasteiger partial charge in [0, 0.05) is 6.20 Å². The molecule has 0 aliphatic heterocycles. The molecule has 1 amide bonds. The molecule has 0 radical (unpaired) electrons. The Morgan fingerprint density at radius 1 is 1.04 bits per heavy atom. The van der Waals surface area contributed by atoms with Crippen molar-refractivity contribution < 1.29 is 31.1 Å². The predicted molar refractivity (Wildman–Crippen MR) is 65.1 cm³/mol. The number of rotatable bonds is 3. The number of hydrogen-bond donors (Lipinski definition) is 1. The van der Waals surface area contributed by atoms with E-state index >= 15 is 0 Å². The molecule has 0 unspecified atom stereocenters. The van der Waals surface area contributed by atoms with Gasteiger partial charge in [-0.2, -0.15) is 31.4 Å². The minimum Gasteiger partial charge on any atom is -0.309 e.